The molecule has 0 bridgehead atoms. The van der Waals surface area contributed by atoms with E-state index in [4.69, 9.17) is 11.6 Å². The van der Waals surface area contributed by atoms with Gasteiger partial charge in [0.05, 0.1) is 5.52 Å². The van der Waals surface area contributed by atoms with E-state index in [-0.39, 0.29) is 5.56 Å². The number of fused-ring (bicyclic) bond motifs is 3. The third-order valence-corrected chi connectivity index (χ3v) is 3.33. The van der Waals surface area contributed by atoms with Gasteiger partial charge in [-0.1, -0.05) is 17.7 Å². The highest BCUT2D eigenvalue weighted by molar-refractivity contribution is 6.31. The van der Waals surface area contributed by atoms with Crippen molar-refractivity contribution in [2.45, 2.75) is 0 Å². The van der Waals surface area contributed by atoms with E-state index in [2.05, 4.69) is 0 Å². The molecule has 0 aliphatic heterocycles. The molecule has 4 nitrogen and oxygen atoms in total. The quantitative estimate of drug-likeness (QED) is 0.381. The van der Waals surface area contributed by atoms with Gasteiger partial charge >= 0.3 is 0 Å². The van der Waals surface area contributed by atoms with Gasteiger partial charge in [0.1, 0.15) is 5.39 Å². The Morgan fingerprint density at radius 2 is 2.00 bits per heavy atom. The van der Waals surface area contributed by atoms with Crippen LogP contribution in [0.5, 0.6) is 0 Å². The molecule has 0 spiro atoms. The molecular weight excluding hydrogens is 252 g/mol. The lowest BCUT2D eigenvalue weighted by Gasteiger charge is -2.07. The lowest BCUT2D eigenvalue weighted by atomic mass is 10.1. The zero-order chi connectivity index (χ0) is 12.9. The molecule has 0 atom stereocenters. The van der Waals surface area contributed by atoms with Gasteiger partial charge in [0, 0.05) is 33.6 Å². The van der Waals surface area contributed by atoms with Crippen LogP contribution in [0.1, 0.15) is 0 Å². The summed E-state index contributed by atoms with van der Waals surface area (Å²) in [6.45, 7) is 0. The van der Waals surface area contributed by atoms with E-state index in [9.17, 15) is 10.0 Å². The highest BCUT2D eigenvalue weighted by Crippen LogP contribution is 2.24. The molecule has 0 amide bonds. The monoisotopic (exact) mass is 261 g/mol. The first kappa shape index (κ1) is 11.0. The largest absolute Gasteiger partial charge is 0.311 e. The van der Waals surface area contributed by atoms with Crippen molar-refractivity contribution in [1.29, 1.82) is 0 Å². The number of hydrogen-bond donors (Lipinski definition) is 1. The number of nitrogens with zero attached hydrogens (tertiary/aromatic N) is 2. The summed E-state index contributed by atoms with van der Waals surface area (Å²) < 4.78 is 2.41. The highest BCUT2D eigenvalue weighted by Gasteiger charge is 2.12. The van der Waals surface area contributed by atoms with E-state index in [1.165, 1.54) is 17.0 Å². The summed E-state index contributed by atoms with van der Waals surface area (Å²) in [5.41, 5.74) is 0.610. The smallest absolute Gasteiger partial charge is 0.264 e. The number of halogens is 1. The number of aromatic nitrogens is 2. The third kappa shape index (κ3) is 1.46. The van der Waals surface area contributed by atoms with E-state index < -0.39 is 0 Å². The lowest BCUT2D eigenvalue weighted by molar-refractivity contribution is -0.904. The van der Waals surface area contributed by atoms with Gasteiger partial charge in [-0.05, 0) is 12.1 Å². The maximum atomic E-state index is 12.2. The number of hydrogen-bond acceptors (Lipinski definition) is 2. The van der Waals surface area contributed by atoms with Crippen LogP contribution in [-0.4, -0.2) is 9.77 Å². The second kappa shape index (κ2) is 3.71. The SMILES string of the molecule is Cn1c(=O)c2c[n+](O)ccc2c2ccc(Cl)cc21. The molecule has 0 unspecified atom stereocenters. The zero-order valence-electron chi connectivity index (χ0n) is 9.59. The van der Waals surface area contributed by atoms with Crippen LogP contribution < -0.4 is 10.3 Å². The van der Waals surface area contributed by atoms with Crippen LogP contribution in [-0.2, 0) is 7.05 Å². The van der Waals surface area contributed by atoms with Crippen LogP contribution in [0.25, 0.3) is 21.7 Å². The Balaban J connectivity index is 2.66. The van der Waals surface area contributed by atoms with Gasteiger partial charge in [0.2, 0.25) is 12.4 Å². The fourth-order valence-corrected chi connectivity index (χ4v) is 2.36. The first-order chi connectivity index (χ1) is 8.58. The molecule has 1 aromatic carbocycles. The van der Waals surface area contributed by atoms with Crippen LogP contribution in [0.2, 0.25) is 5.02 Å². The Labute approximate surface area is 107 Å². The van der Waals surface area contributed by atoms with Crippen molar-refractivity contribution in [1.82, 2.24) is 4.57 Å². The molecule has 5 heteroatoms. The standard InChI is InChI=1S/C13H10ClN2O2/c1-15-12-6-8(14)2-3-10(12)9-4-5-16(18)7-11(9)13(15)17/h2-7,18H,1H3/q+1. The summed E-state index contributed by atoms with van der Waals surface area (Å²) in [5.74, 6) is 0. The summed E-state index contributed by atoms with van der Waals surface area (Å²) in [4.78, 5) is 12.2. The Bertz CT molecular complexity index is 840. The molecule has 0 aliphatic carbocycles. The Kier molecular flexibility index (Phi) is 2.28. The molecule has 0 fully saturated rings. The van der Waals surface area contributed by atoms with Gasteiger partial charge < -0.3 is 4.57 Å². The van der Waals surface area contributed by atoms with E-state index in [1.54, 1.807) is 25.2 Å². The number of aryl methyl sites for hydroxylation is 1. The van der Waals surface area contributed by atoms with Crippen molar-refractivity contribution in [2.75, 3.05) is 0 Å². The van der Waals surface area contributed by atoms with Crippen LogP contribution in [0.15, 0.2) is 41.5 Å². The first-order valence-electron chi connectivity index (χ1n) is 5.40. The van der Waals surface area contributed by atoms with E-state index in [0.717, 1.165) is 21.0 Å². The summed E-state index contributed by atoms with van der Waals surface area (Å²) in [6.07, 6.45) is 2.90. The summed E-state index contributed by atoms with van der Waals surface area (Å²) in [5, 5.41) is 12.2. The van der Waals surface area contributed by atoms with Crippen molar-refractivity contribution in [3.8, 4) is 0 Å². The second-order valence-corrected chi connectivity index (χ2v) is 4.61. The Morgan fingerprint density at radius 1 is 1.22 bits per heavy atom. The predicted molar refractivity (Wildman–Crippen MR) is 69.1 cm³/mol. The fourth-order valence-electron chi connectivity index (χ4n) is 2.19. The van der Waals surface area contributed by atoms with E-state index >= 15 is 0 Å². The zero-order valence-corrected chi connectivity index (χ0v) is 10.3. The number of pyridine rings is 2. The van der Waals surface area contributed by atoms with Crippen molar-refractivity contribution in [3.63, 3.8) is 0 Å². The molecule has 2 heterocycles. The van der Waals surface area contributed by atoms with Gasteiger partial charge in [-0.15, -0.1) is 0 Å². The number of rotatable bonds is 0. The molecule has 2 aromatic heterocycles. The average Bonchev–Trinajstić information content (AvgIpc) is 2.36. The summed E-state index contributed by atoms with van der Waals surface area (Å²) in [7, 11) is 1.69. The molecule has 3 rings (SSSR count). The predicted octanol–water partition coefficient (Wildman–Crippen LogP) is 1.87. The van der Waals surface area contributed by atoms with E-state index in [1.807, 2.05) is 6.07 Å². The van der Waals surface area contributed by atoms with Crippen molar-refractivity contribution in [3.05, 3.63) is 52.0 Å². The fraction of sp³-hybridized carbons (Fsp3) is 0.0769. The molecule has 1 N–H and O–H groups in total. The molecule has 18 heavy (non-hydrogen) atoms. The normalized spacial score (nSPS) is 11.2. The van der Waals surface area contributed by atoms with Crippen LogP contribution >= 0.6 is 11.6 Å². The highest BCUT2D eigenvalue weighted by atomic mass is 35.5. The third-order valence-electron chi connectivity index (χ3n) is 3.09. The molecular formula is C13H10ClN2O2+. The lowest BCUT2D eigenvalue weighted by Crippen LogP contribution is -2.30. The maximum absolute atomic E-state index is 12.2. The minimum atomic E-state index is -0.164. The Morgan fingerprint density at radius 3 is 2.78 bits per heavy atom. The molecule has 0 radical (unpaired) electrons. The van der Waals surface area contributed by atoms with Crippen LogP contribution in [0.4, 0.5) is 0 Å². The van der Waals surface area contributed by atoms with Gasteiger partial charge in [-0.2, -0.15) is 0 Å². The first-order valence-corrected chi connectivity index (χ1v) is 5.78. The number of benzene rings is 1. The van der Waals surface area contributed by atoms with Crippen LogP contribution in [0.3, 0.4) is 0 Å². The summed E-state index contributed by atoms with van der Waals surface area (Å²) >= 11 is 5.96. The minimum Gasteiger partial charge on any atom is -0.311 e. The molecule has 3 aromatic rings. The minimum absolute atomic E-state index is 0.164. The van der Waals surface area contributed by atoms with Gasteiger partial charge in [-0.3, -0.25) is 10.0 Å². The van der Waals surface area contributed by atoms with Gasteiger partial charge in [-0.25, -0.2) is 0 Å². The van der Waals surface area contributed by atoms with Crippen molar-refractivity contribution >= 4 is 33.3 Å². The van der Waals surface area contributed by atoms with Crippen molar-refractivity contribution in [2.24, 2.45) is 7.05 Å². The molecule has 90 valence electrons. The second-order valence-electron chi connectivity index (χ2n) is 4.18. The van der Waals surface area contributed by atoms with Gasteiger partial charge in [0.25, 0.3) is 5.56 Å². The van der Waals surface area contributed by atoms with Crippen molar-refractivity contribution < 1.29 is 9.94 Å². The average molecular weight is 262 g/mol. The van der Waals surface area contributed by atoms with E-state index in [0.29, 0.717) is 10.4 Å². The molecule has 0 saturated carbocycles. The Hall–Kier alpha value is -2.07. The molecule has 0 aliphatic rings. The summed E-state index contributed by atoms with van der Waals surface area (Å²) in [6, 6.07) is 7.14. The topological polar surface area (TPSA) is 46.1 Å². The van der Waals surface area contributed by atoms with Crippen LogP contribution in [0, 0.1) is 0 Å². The van der Waals surface area contributed by atoms with Gasteiger partial charge in [0.15, 0.2) is 0 Å². The maximum Gasteiger partial charge on any atom is 0.264 e. The molecule has 0 saturated heterocycles.